The Labute approximate surface area is 163 Å². The third-order valence-corrected chi connectivity index (χ3v) is 4.91. The van der Waals surface area contributed by atoms with Crippen LogP contribution in [0.15, 0.2) is 40.9 Å². The van der Waals surface area contributed by atoms with Crippen molar-refractivity contribution >= 4 is 50.5 Å². The second kappa shape index (κ2) is 8.03. The first kappa shape index (κ1) is 18.6. The summed E-state index contributed by atoms with van der Waals surface area (Å²) in [4.78, 5) is 24.8. The number of nitrogens with one attached hydrogen (secondary N) is 1. The summed E-state index contributed by atoms with van der Waals surface area (Å²) < 4.78 is 6.21. The Morgan fingerprint density at radius 3 is 2.58 bits per heavy atom. The van der Waals surface area contributed by atoms with Crippen LogP contribution in [0.1, 0.15) is 10.4 Å². The standard InChI is InChI=1S/C17H15BrClN3O4/c18-14-9-11(1-4-16(14)21-5-7-26-8-6-21)20-17(23)13-3-2-12(22(24)25)10-15(13)19/h1-4,9-10H,5-8H2,(H,20,23). The van der Waals surface area contributed by atoms with E-state index in [1.165, 1.54) is 12.1 Å². The number of amides is 1. The van der Waals surface area contributed by atoms with Crippen molar-refractivity contribution in [2.24, 2.45) is 0 Å². The van der Waals surface area contributed by atoms with Gasteiger partial charge in [0, 0.05) is 35.4 Å². The molecule has 0 atom stereocenters. The second-order valence-corrected chi connectivity index (χ2v) is 6.90. The van der Waals surface area contributed by atoms with Gasteiger partial charge in [-0.05, 0) is 40.2 Å². The molecule has 0 bridgehead atoms. The van der Waals surface area contributed by atoms with Gasteiger partial charge in [-0.1, -0.05) is 11.6 Å². The maximum absolute atomic E-state index is 12.4. The molecule has 2 aromatic carbocycles. The van der Waals surface area contributed by atoms with Crippen LogP contribution < -0.4 is 10.2 Å². The van der Waals surface area contributed by atoms with Crippen molar-refractivity contribution in [2.75, 3.05) is 36.5 Å². The SMILES string of the molecule is O=C(Nc1ccc(N2CCOCC2)c(Br)c1)c1ccc([N+](=O)[O-])cc1Cl. The van der Waals surface area contributed by atoms with Crippen LogP contribution >= 0.6 is 27.5 Å². The maximum Gasteiger partial charge on any atom is 0.270 e. The van der Waals surface area contributed by atoms with Gasteiger partial charge in [0.25, 0.3) is 11.6 Å². The highest BCUT2D eigenvalue weighted by atomic mass is 79.9. The van der Waals surface area contributed by atoms with Crippen LogP contribution in [0.3, 0.4) is 0 Å². The fraction of sp³-hybridized carbons (Fsp3) is 0.235. The molecule has 0 saturated carbocycles. The minimum Gasteiger partial charge on any atom is -0.378 e. The van der Waals surface area contributed by atoms with Gasteiger partial charge >= 0.3 is 0 Å². The molecule has 1 aliphatic rings. The van der Waals surface area contributed by atoms with Crippen LogP contribution in [0.2, 0.25) is 5.02 Å². The Hall–Kier alpha value is -2.16. The number of nitro groups is 1. The van der Waals surface area contributed by atoms with Crippen LogP contribution in [-0.4, -0.2) is 37.1 Å². The molecule has 0 spiro atoms. The minimum atomic E-state index is -0.560. The molecule has 0 aliphatic carbocycles. The largest absolute Gasteiger partial charge is 0.378 e. The number of hydrogen-bond donors (Lipinski definition) is 1. The molecule has 0 aromatic heterocycles. The van der Waals surface area contributed by atoms with Crippen molar-refractivity contribution in [3.8, 4) is 0 Å². The van der Waals surface area contributed by atoms with Gasteiger partial charge < -0.3 is 15.0 Å². The molecular weight excluding hydrogens is 426 g/mol. The average Bonchev–Trinajstić information content (AvgIpc) is 2.62. The van der Waals surface area contributed by atoms with Crippen molar-refractivity contribution in [3.05, 3.63) is 61.6 Å². The van der Waals surface area contributed by atoms with Gasteiger partial charge in [0.2, 0.25) is 0 Å². The number of non-ortho nitro benzene ring substituents is 1. The van der Waals surface area contributed by atoms with Gasteiger partial charge in [0.1, 0.15) is 0 Å². The lowest BCUT2D eigenvalue weighted by Crippen LogP contribution is -2.36. The summed E-state index contributed by atoms with van der Waals surface area (Å²) in [7, 11) is 0. The molecule has 9 heteroatoms. The summed E-state index contributed by atoms with van der Waals surface area (Å²) in [6.07, 6.45) is 0. The molecule has 7 nitrogen and oxygen atoms in total. The minimum absolute atomic E-state index is 0.0284. The number of morpholine rings is 1. The number of nitro benzene ring substituents is 1. The Kier molecular flexibility index (Phi) is 5.75. The van der Waals surface area contributed by atoms with E-state index in [2.05, 4.69) is 26.1 Å². The van der Waals surface area contributed by atoms with Crippen molar-refractivity contribution < 1.29 is 14.5 Å². The summed E-state index contributed by atoms with van der Waals surface area (Å²) in [5.74, 6) is -0.434. The fourth-order valence-electron chi connectivity index (χ4n) is 2.65. The quantitative estimate of drug-likeness (QED) is 0.571. The number of benzene rings is 2. The number of nitrogens with zero attached hydrogens (tertiary/aromatic N) is 2. The topological polar surface area (TPSA) is 84.7 Å². The molecule has 2 aromatic rings. The monoisotopic (exact) mass is 439 g/mol. The Morgan fingerprint density at radius 2 is 1.96 bits per heavy atom. The van der Waals surface area contributed by atoms with Crippen molar-refractivity contribution in [2.45, 2.75) is 0 Å². The number of carbonyl (C=O) groups is 1. The zero-order chi connectivity index (χ0) is 18.7. The van der Waals surface area contributed by atoms with Crippen molar-refractivity contribution in [1.29, 1.82) is 0 Å². The summed E-state index contributed by atoms with van der Waals surface area (Å²) in [5.41, 5.74) is 1.63. The first-order valence-electron chi connectivity index (χ1n) is 7.83. The molecule has 3 rings (SSSR count). The van der Waals surface area contributed by atoms with Crippen molar-refractivity contribution in [3.63, 3.8) is 0 Å². The van der Waals surface area contributed by atoms with Gasteiger partial charge in [0.05, 0.1) is 34.4 Å². The summed E-state index contributed by atoms with van der Waals surface area (Å²) >= 11 is 9.53. The number of ether oxygens (including phenoxy) is 1. The smallest absolute Gasteiger partial charge is 0.270 e. The van der Waals surface area contributed by atoms with Gasteiger partial charge in [0.15, 0.2) is 0 Å². The van der Waals surface area contributed by atoms with Crippen LogP contribution in [0.5, 0.6) is 0 Å². The third kappa shape index (κ3) is 4.14. The van der Waals surface area contributed by atoms with E-state index < -0.39 is 10.8 Å². The molecule has 1 heterocycles. The molecule has 1 N–H and O–H groups in total. The van der Waals surface area contributed by atoms with E-state index >= 15 is 0 Å². The lowest BCUT2D eigenvalue weighted by Gasteiger charge is -2.29. The number of rotatable bonds is 4. The van der Waals surface area contributed by atoms with Gasteiger partial charge in [-0.3, -0.25) is 14.9 Å². The van der Waals surface area contributed by atoms with E-state index in [0.717, 1.165) is 29.3 Å². The zero-order valence-electron chi connectivity index (χ0n) is 13.6. The first-order valence-corrected chi connectivity index (χ1v) is 9.00. The number of halogens is 2. The average molecular weight is 441 g/mol. The first-order chi connectivity index (χ1) is 12.5. The number of carbonyl (C=O) groups excluding carboxylic acids is 1. The Balaban J connectivity index is 1.75. The van der Waals surface area contributed by atoms with E-state index in [-0.39, 0.29) is 16.3 Å². The molecule has 1 amide bonds. The molecule has 1 fully saturated rings. The van der Waals surface area contributed by atoms with Crippen molar-refractivity contribution in [1.82, 2.24) is 0 Å². The lowest BCUT2D eigenvalue weighted by molar-refractivity contribution is -0.384. The van der Waals surface area contributed by atoms with Crippen LogP contribution in [0.25, 0.3) is 0 Å². The highest BCUT2D eigenvalue weighted by molar-refractivity contribution is 9.10. The van der Waals surface area contributed by atoms with Gasteiger partial charge in [-0.25, -0.2) is 0 Å². The van der Waals surface area contributed by atoms with E-state index in [1.807, 2.05) is 12.1 Å². The Morgan fingerprint density at radius 1 is 1.23 bits per heavy atom. The van der Waals surface area contributed by atoms with Crippen LogP contribution in [-0.2, 0) is 4.74 Å². The highest BCUT2D eigenvalue weighted by Crippen LogP contribution is 2.30. The summed E-state index contributed by atoms with van der Waals surface area (Å²) in [6, 6.07) is 9.27. The molecule has 0 unspecified atom stereocenters. The Bertz CT molecular complexity index is 856. The summed E-state index contributed by atoms with van der Waals surface area (Å²) in [5, 5.41) is 13.5. The predicted molar refractivity (Wildman–Crippen MR) is 103 cm³/mol. The summed E-state index contributed by atoms with van der Waals surface area (Å²) in [6.45, 7) is 2.98. The molecule has 1 saturated heterocycles. The van der Waals surface area contributed by atoms with E-state index in [1.54, 1.807) is 6.07 Å². The molecule has 1 aliphatic heterocycles. The molecule has 0 radical (unpaired) electrons. The van der Waals surface area contributed by atoms with E-state index in [9.17, 15) is 14.9 Å². The third-order valence-electron chi connectivity index (χ3n) is 3.97. The van der Waals surface area contributed by atoms with E-state index in [0.29, 0.717) is 18.9 Å². The number of anilines is 2. The molecule has 136 valence electrons. The number of hydrogen-bond acceptors (Lipinski definition) is 5. The fourth-order valence-corrected chi connectivity index (χ4v) is 3.54. The van der Waals surface area contributed by atoms with Gasteiger partial charge in [-0.15, -0.1) is 0 Å². The zero-order valence-corrected chi connectivity index (χ0v) is 15.9. The van der Waals surface area contributed by atoms with Gasteiger partial charge in [-0.2, -0.15) is 0 Å². The molecule has 26 heavy (non-hydrogen) atoms. The molecular formula is C17H15BrClN3O4. The van der Waals surface area contributed by atoms with Crippen LogP contribution in [0.4, 0.5) is 17.1 Å². The maximum atomic E-state index is 12.4. The predicted octanol–water partition coefficient (Wildman–Crippen LogP) is 4.10. The van der Waals surface area contributed by atoms with E-state index in [4.69, 9.17) is 16.3 Å². The normalized spacial score (nSPS) is 14.2. The highest BCUT2D eigenvalue weighted by Gasteiger charge is 2.17. The lowest BCUT2D eigenvalue weighted by atomic mass is 10.2. The second-order valence-electron chi connectivity index (χ2n) is 5.64. The van der Waals surface area contributed by atoms with Crippen LogP contribution in [0, 0.1) is 10.1 Å².